The first-order chi connectivity index (χ1) is 11.2. The lowest BCUT2D eigenvalue weighted by Crippen LogP contribution is -2.24. The molecule has 1 atom stereocenters. The largest absolute Gasteiger partial charge is 0.376 e. The quantitative estimate of drug-likeness (QED) is 0.913. The fourth-order valence-electron chi connectivity index (χ4n) is 2.68. The van der Waals surface area contributed by atoms with Crippen LogP contribution in [0.5, 0.6) is 0 Å². The van der Waals surface area contributed by atoms with Gasteiger partial charge in [0.1, 0.15) is 0 Å². The van der Waals surface area contributed by atoms with Gasteiger partial charge in [-0.3, -0.25) is 9.48 Å². The van der Waals surface area contributed by atoms with Crippen molar-refractivity contribution in [3.8, 4) is 0 Å². The van der Waals surface area contributed by atoms with E-state index >= 15 is 0 Å². The van der Waals surface area contributed by atoms with E-state index in [0.29, 0.717) is 17.1 Å². The molecule has 1 aliphatic heterocycles. The van der Waals surface area contributed by atoms with E-state index in [0.717, 1.165) is 31.6 Å². The summed E-state index contributed by atoms with van der Waals surface area (Å²) in [7, 11) is 0. The van der Waals surface area contributed by atoms with Gasteiger partial charge in [-0.2, -0.15) is 5.10 Å². The molecule has 1 amide bonds. The van der Waals surface area contributed by atoms with Crippen molar-refractivity contribution in [3.05, 3.63) is 47.2 Å². The number of rotatable bonds is 5. The minimum atomic E-state index is -0.0687. The van der Waals surface area contributed by atoms with Crippen molar-refractivity contribution < 1.29 is 9.53 Å². The first-order valence-electron chi connectivity index (χ1n) is 7.87. The predicted octanol–water partition coefficient (Wildman–Crippen LogP) is 3.29. The van der Waals surface area contributed by atoms with Crippen LogP contribution in [0, 0.1) is 0 Å². The van der Waals surface area contributed by atoms with Gasteiger partial charge in [0.05, 0.1) is 31.0 Å². The number of anilines is 1. The Balaban J connectivity index is 1.51. The Morgan fingerprint density at radius 2 is 2.17 bits per heavy atom. The Bertz CT molecular complexity index is 648. The van der Waals surface area contributed by atoms with E-state index in [-0.39, 0.29) is 12.0 Å². The van der Waals surface area contributed by atoms with Gasteiger partial charge in [-0.1, -0.05) is 23.7 Å². The van der Waals surface area contributed by atoms with Gasteiger partial charge < -0.3 is 10.1 Å². The van der Waals surface area contributed by atoms with Gasteiger partial charge >= 0.3 is 0 Å². The highest BCUT2D eigenvalue weighted by Gasteiger charge is 2.15. The maximum Gasteiger partial charge on any atom is 0.228 e. The number of halogens is 1. The number of hydrogen-bond donors (Lipinski definition) is 1. The van der Waals surface area contributed by atoms with Crippen LogP contribution in [0.25, 0.3) is 0 Å². The molecule has 0 bridgehead atoms. The fraction of sp³-hybridized carbons (Fsp3) is 0.412. The van der Waals surface area contributed by atoms with Crippen molar-refractivity contribution in [3.63, 3.8) is 0 Å². The van der Waals surface area contributed by atoms with Gasteiger partial charge in [0.2, 0.25) is 5.91 Å². The molecule has 5 nitrogen and oxygen atoms in total. The molecule has 1 aromatic carbocycles. The molecule has 1 unspecified atom stereocenters. The summed E-state index contributed by atoms with van der Waals surface area (Å²) in [6, 6.07) is 7.27. The molecule has 2 heterocycles. The summed E-state index contributed by atoms with van der Waals surface area (Å²) in [5, 5.41) is 7.82. The van der Waals surface area contributed by atoms with E-state index in [9.17, 15) is 4.79 Å². The molecular formula is C17H20ClN3O2. The molecule has 6 heteroatoms. The minimum Gasteiger partial charge on any atom is -0.376 e. The summed E-state index contributed by atoms with van der Waals surface area (Å²) in [6.45, 7) is 1.56. The van der Waals surface area contributed by atoms with Gasteiger partial charge in [-0.15, -0.1) is 0 Å². The highest BCUT2D eigenvalue weighted by Crippen LogP contribution is 2.15. The van der Waals surface area contributed by atoms with Crippen LogP contribution in [0.15, 0.2) is 36.7 Å². The van der Waals surface area contributed by atoms with Crippen LogP contribution in [0.4, 0.5) is 5.69 Å². The van der Waals surface area contributed by atoms with Gasteiger partial charge in [0, 0.05) is 17.8 Å². The molecule has 1 fully saturated rings. The summed E-state index contributed by atoms with van der Waals surface area (Å²) in [6.07, 6.45) is 7.46. The highest BCUT2D eigenvalue weighted by molar-refractivity contribution is 6.30. The number of ether oxygens (including phenoxy) is 1. The molecule has 1 saturated heterocycles. The molecule has 23 heavy (non-hydrogen) atoms. The van der Waals surface area contributed by atoms with E-state index in [1.54, 1.807) is 18.3 Å². The maximum atomic E-state index is 12.1. The number of benzene rings is 1. The van der Waals surface area contributed by atoms with E-state index in [4.69, 9.17) is 16.3 Å². The molecule has 0 aliphatic carbocycles. The highest BCUT2D eigenvalue weighted by atomic mass is 35.5. The number of nitrogens with zero attached hydrogens (tertiary/aromatic N) is 2. The maximum absolute atomic E-state index is 12.1. The van der Waals surface area contributed by atoms with Crippen LogP contribution in [-0.4, -0.2) is 28.4 Å². The lowest BCUT2D eigenvalue weighted by atomic mass is 10.1. The van der Waals surface area contributed by atoms with Crippen molar-refractivity contribution in [2.45, 2.75) is 38.3 Å². The van der Waals surface area contributed by atoms with Crippen molar-refractivity contribution in [1.29, 1.82) is 0 Å². The smallest absolute Gasteiger partial charge is 0.228 e. The summed E-state index contributed by atoms with van der Waals surface area (Å²) in [4.78, 5) is 12.1. The molecule has 0 spiro atoms. The lowest BCUT2D eigenvalue weighted by Gasteiger charge is -2.22. The van der Waals surface area contributed by atoms with Crippen LogP contribution in [0.1, 0.15) is 24.8 Å². The molecule has 0 saturated carbocycles. The van der Waals surface area contributed by atoms with Crippen LogP contribution in [0.2, 0.25) is 5.02 Å². The Labute approximate surface area is 140 Å². The Morgan fingerprint density at radius 3 is 2.91 bits per heavy atom. The second kappa shape index (κ2) is 7.62. The SMILES string of the molecule is O=C(Cc1ccc(Cl)cc1)Nc1cnn(CC2CCCCO2)c1. The van der Waals surface area contributed by atoms with Crippen molar-refractivity contribution in [2.24, 2.45) is 0 Å². The van der Waals surface area contributed by atoms with Crippen LogP contribution in [-0.2, 0) is 22.5 Å². The summed E-state index contributed by atoms with van der Waals surface area (Å²) in [5.41, 5.74) is 1.63. The Morgan fingerprint density at radius 1 is 1.35 bits per heavy atom. The summed E-state index contributed by atoms with van der Waals surface area (Å²) >= 11 is 5.84. The molecule has 1 aliphatic rings. The third kappa shape index (κ3) is 4.81. The average Bonchev–Trinajstić information content (AvgIpc) is 2.97. The normalized spacial score (nSPS) is 17.9. The predicted molar refractivity (Wildman–Crippen MR) is 89.6 cm³/mol. The minimum absolute atomic E-state index is 0.0687. The van der Waals surface area contributed by atoms with Gasteiger partial charge in [0.25, 0.3) is 0 Å². The topological polar surface area (TPSA) is 56.2 Å². The zero-order valence-electron chi connectivity index (χ0n) is 12.9. The van der Waals surface area contributed by atoms with Crippen molar-refractivity contribution >= 4 is 23.2 Å². The first kappa shape index (κ1) is 16.0. The second-order valence-corrected chi connectivity index (χ2v) is 6.23. The lowest BCUT2D eigenvalue weighted by molar-refractivity contribution is -0.115. The number of carbonyl (C=O) groups is 1. The van der Waals surface area contributed by atoms with Gasteiger partial charge in [-0.05, 0) is 37.0 Å². The van der Waals surface area contributed by atoms with Gasteiger partial charge in [-0.25, -0.2) is 0 Å². The van der Waals surface area contributed by atoms with Crippen molar-refractivity contribution in [1.82, 2.24) is 9.78 Å². The zero-order valence-corrected chi connectivity index (χ0v) is 13.6. The fourth-order valence-corrected chi connectivity index (χ4v) is 2.81. The Hall–Kier alpha value is -1.85. The van der Waals surface area contributed by atoms with Crippen LogP contribution < -0.4 is 5.32 Å². The molecule has 122 valence electrons. The number of aromatic nitrogens is 2. The molecule has 0 radical (unpaired) electrons. The van der Waals surface area contributed by atoms with Crippen LogP contribution >= 0.6 is 11.6 Å². The average molecular weight is 334 g/mol. The first-order valence-corrected chi connectivity index (χ1v) is 8.25. The third-order valence-corrected chi connectivity index (χ3v) is 4.11. The molecule has 2 aromatic rings. The molecule has 1 N–H and O–H groups in total. The number of nitrogens with one attached hydrogen (secondary N) is 1. The standard InChI is InChI=1S/C17H20ClN3O2/c18-14-6-4-13(5-7-14)9-17(22)20-15-10-19-21(11-15)12-16-3-1-2-8-23-16/h4-7,10-11,16H,1-3,8-9,12H2,(H,20,22). The monoisotopic (exact) mass is 333 g/mol. The molecule has 3 rings (SSSR count). The second-order valence-electron chi connectivity index (χ2n) is 5.79. The van der Waals surface area contributed by atoms with E-state index in [1.807, 2.05) is 23.0 Å². The van der Waals surface area contributed by atoms with E-state index in [1.165, 1.54) is 6.42 Å². The van der Waals surface area contributed by atoms with Gasteiger partial charge in [0.15, 0.2) is 0 Å². The summed E-state index contributed by atoms with van der Waals surface area (Å²) in [5.74, 6) is -0.0687. The van der Waals surface area contributed by atoms with Crippen LogP contribution in [0.3, 0.4) is 0 Å². The zero-order chi connectivity index (χ0) is 16.1. The summed E-state index contributed by atoms with van der Waals surface area (Å²) < 4.78 is 7.53. The van der Waals surface area contributed by atoms with Crippen molar-refractivity contribution in [2.75, 3.05) is 11.9 Å². The molecule has 1 aromatic heterocycles. The Kier molecular flexibility index (Phi) is 5.31. The number of carbonyl (C=O) groups excluding carboxylic acids is 1. The number of hydrogen-bond acceptors (Lipinski definition) is 3. The number of amides is 1. The van der Waals surface area contributed by atoms with E-state index in [2.05, 4.69) is 10.4 Å². The molecular weight excluding hydrogens is 314 g/mol. The van der Waals surface area contributed by atoms with E-state index < -0.39 is 0 Å². The third-order valence-electron chi connectivity index (χ3n) is 3.86.